The Morgan fingerprint density at radius 1 is 1.24 bits per heavy atom. The molecule has 0 atom stereocenters. The summed E-state index contributed by atoms with van der Waals surface area (Å²) in [5, 5.41) is 4.05. The number of piperidine rings is 1. The predicted octanol–water partition coefficient (Wildman–Crippen LogP) is 3.15. The molecule has 1 saturated heterocycles. The Kier molecular flexibility index (Phi) is 6.84. The number of fused-ring (bicyclic) bond motifs is 1. The molecule has 0 bridgehead atoms. The van der Waals surface area contributed by atoms with Gasteiger partial charge in [-0.25, -0.2) is 15.0 Å². The summed E-state index contributed by atoms with van der Waals surface area (Å²) in [6.07, 6.45) is -1.58. The van der Waals surface area contributed by atoms with Gasteiger partial charge in [0, 0.05) is 39.2 Å². The lowest BCUT2D eigenvalue weighted by Gasteiger charge is -2.31. The third kappa shape index (κ3) is 5.61. The zero-order valence-electron chi connectivity index (χ0n) is 19.0. The molecule has 0 N–H and O–H groups in total. The lowest BCUT2D eigenvalue weighted by Crippen LogP contribution is -2.33. The average Bonchev–Trinajstić information content (AvgIpc) is 3.36. The van der Waals surface area contributed by atoms with Gasteiger partial charge in [-0.2, -0.15) is 13.2 Å². The topological polar surface area (TPSA) is 85.3 Å². The highest BCUT2D eigenvalue weighted by Crippen LogP contribution is 2.31. The molecular formula is C21H28F3N7O2. The molecule has 0 unspecified atom stereocenters. The number of alkyl halides is 3. The van der Waals surface area contributed by atoms with Crippen LogP contribution in [0.3, 0.4) is 0 Å². The van der Waals surface area contributed by atoms with Crippen molar-refractivity contribution in [1.29, 1.82) is 0 Å². The van der Waals surface area contributed by atoms with Crippen LogP contribution in [0.4, 0.5) is 19.0 Å². The molecule has 3 aromatic heterocycles. The van der Waals surface area contributed by atoms with Gasteiger partial charge in [-0.1, -0.05) is 5.16 Å². The molecule has 9 nitrogen and oxygen atoms in total. The molecule has 0 amide bonds. The monoisotopic (exact) mass is 467 g/mol. The fourth-order valence-electron chi connectivity index (χ4n) is 4.11. The van der Waals surface area contributed by atoms with E-state index in [1.54, 1.807) is 7.11 Å². The molecule has 180 valence electrons. The number of likely N-dealkylation sites (N-methyl/N-ethyl adjacent to an activating group) is 1. The zero-order valence-corrected chi connectivity index (χ0v) is 19.0. The maximum Gasteiger partial charge on any atom is 0.406 e. The fraction of sp³-hybridized carbons (Fsp3) is 0.619. The number of hydrogen-bond donors (Lipinski definition) is 0. The van der Waals surface area contributed by atoms with Crippen LogP contribution >= 0.6 is 0 Å². The second kappa shape index (κ2) is 9.64. The van der Waals surface area contributed by atoms with E-state index in [2.05, 4.69) is 20.0 Å². The van der Waals surface area contributed by atoms with Crippen molar-refractivity contribution in [2.45, 2.75) is 44.9 Å². The van der Waals surface area contributed by atoms with Gasteiger partial charge in [-0.15, -0.1) is 0 Å². The van der Waals surface area contributed by atoms with Gasteiger partial charge in [0.25, 0.3) is 0 Å². The van der Waals surface area contributed by atoms with Crippen LogP contribution in [0.1, 0.15) is 36.0 Å². The number of aromatic nitrogens is 5. The number of likely N-dealkylation sites (tertiary alicyclic amines) is 1. The lowest BCUT2D eigenvalue weighted by molar-refractivity contribution is -0.140. The second-order valence-electron chi connectivity index (χ2n) is 8.46. The van der Waals surface area contributed by atoms with Crippen LogP contribution in [-0.4, -0.2) is 76.2 Å². The van der Waals surface area contributed by atoms with Gasteiger partial charge in [-0.3, -0.25) is 4.90 Å². The first kappa shape index (κ1) is 23.4. The van der Waals surface area contributed by atoms with E-state index in [4.69, 9.17) is 14.2 Å². The van der Waals surface area contributed by atoms with E-state index in [0.717, 1.165) is 42.0 Å². The zero-order chi connectivity index (χ0) is 23.6. The standard InChI is InChI=1S/C21H28F3N7O2/c1-14-10-16(28-33-14)11-30-6-4-15(5-7-30)18-26-19(29(2)8-9-32-3)17-20(27-18)31(13-25-17)12-21(22,23)24/h10,13,15H,4-9,11-12H2,1-3H3. The van der Waals surface area contributed by atoms with Crippen molar-refractivity contribution in [2.75, 3.05) is 45.3 Å². The Bertz CT molecular complexity index is 1070. The SMILES string of the molecule is COCCN(C)c1nc(C2CCN(Cc3cc(C)on3)CC2)nc2c1ncn2CC(F)(F)F. The Morgan fingerprint density at radius 2 is 2.00 bits per heavy atom. The van der Waals surface area contributed by atoms with E-state index in [-0.39, 0.29) is 11.6 Å². The number of methoxy groups -OCH3 is 1. The van der Waals surface area contributed by atoms with Crippen molar-refractivity contribution < 1.29 is 22.4 Å². The summed E-state index contributed by atoms with van der Waals surface area (Å²) in [5.41, 5.74) is 1.46. The number of aryl methyl sites for hydroxylation is 1. The van der Waals surface area contributed by atoms with E-state index in [0.29, 0.717) is 36.9 Å². The molecule has 0 radical (unpaired) electrons. The summed E-state index contributed by atoms with van der Waals surface area (Å²) >= 11 is 0. The smallest absolute Gasteiger partial charge is 0.383 e. The van der Waals surface area contributed by atoms with Crippen molar-refractivity contribution >= 4 is 17.0 Å². The minimum atomic E-state index is -4.37. The fourth-order valence-corrected chi connectivity index (χ4v) is 4.11. The van der Waals surface area contributed by atoms with Crippen molar-refractivity contribution in [2.24, 2.45) is 0 Å². The highest BCUT2D eigenvalue weighted by molar-refractivity contribution is 5.83. The van der Waals surface area contributed by atoms with Gasteiger partial charge in [0.05, 0.1) is 18.6 Å². The summed E-state index contributed by atoms with van der Waals surface area (Å²) < 4.78 is 50.7. The van der Waals surface area contributed by atoms with Crippen LogP contribution in [0.5, 0.6) is 0 Å². The van der Waals surface area contributed by atoms with Crippen molar-refractivity contribution in [3.05, 3.63) is 29.7 Å². The predicted molar refractivity (Wildman–Crippen MR) is 115 cm³/mol. The highest BCUT2D eigenvalue weighted by Gasteiger charge is 2.31. The Labute approximate surface area is 189 Å². The van der Waals surface area contributed by atoms with Gasteiger partial charge >= 0.3 is 6.18 Å². The van der Waals surface area contributed by atoms with Crippen molar-refractivity contribution in [3.8, 4) is 0 Å². The van der Waals surface area contributed by atoms with E-state index >= 15 is 0 Å². The first-order valence-corrected chi connectivity index (χ1v) is 10.9. The Morgan fingerprint density at radius 3 is 2.64 bits per heavy atom. The number of anilines is 1. The lowest BCUT2D eigenvalue weighted by atomic mass is 9.95. The molecule has 4 rings (SSSR count). The Hall–Kier alpha value is -2.73. The normalized spacial score (nSPS) is 16.1. The maximum absolute atomic E-state index is 13.1. The number of imidazole rings is 1. The molecule has 0 saturated carbocycles. The molecule has 3 aromatic rings. The summed E-state index contributed by atoms with van der Waals surface area (Å²) in [7, 11) is 3.43. The number of nitrogens with zero attached hydrogens (tertiary/aromatic N) is 7. The van der Waals surface area contributed by atoms with Gasteiger partial charge in [0.1, 0.15) is 18.1 Å². The number of rotatable bonds is 8. The van der Waals surface area contributed by atoms with Crippen molar-refractivity contribution in [3.63, 3.8) is 0 Å². The van der Waals surface area contributed by atoms with Gasteiger partial charge in [0.15, 0.2) is 17.0 Å². The van der Waals surface area contributed by atoms with Crippen LogP contribution in [-0.2, 0) is 17.8 Å². The summed E-state index contributed by atoms with van der Waals surface area (Å²) in [5.74, 6) is 1.91. The molecule has 0 aliphatic carbocycles. The largest absolute Gasteiger partial charge is 0.406 e. The van der Waals surface area contributed by atoms with Gasteiger partial charge in [0.2, 0.25) is 0 Å². The van der Waals surface area contributed by atoms with E-state index in [1.165, 1.54) is 6.33 Å². The van der Waals surface area contributed by atoms with Crippen LogP contribution in [0.2, 0.25) is 0 Å². The molecule has 33 heavy (non-hydrogen) atoms. The molecule has 1 aliphatic heterocycles. The van der Waals surface area contributed by atoms with E-state index in [1.807, 2.05) is 24.9 Å². The molecule has 4 heterocycles. The summed E-state index contributed by atoms with van der Waals surface area (Å²) in [6.45, 7) is 4.04. The van der Waals surface area contributed by atoms with Gasteiger partial charge in [-0.05, 0) is 32.9 Å². The maximum atomic E-state index is 13.1. The number of halogens is 3. The molecule has 0 aromatic carbocycles. The minimum Gasteiger partial charge on any atom is -0.383 e. The third-order valence-corrected chi connectivity index (χ3v) is 5.82. The third-order valence-electron chi connectivity index (χ3n) is 5.82. The average molecular weight is 467 g/mol. The van der Waals surface area contributed by atoms with Crippen LogP contribution in [0.15, 0.2) is 16.9 Å². The molecule has 1 fully saturated rings. The van der Waals surface area contributed by atoms with Crippen LogP contribution in [0, 0.1) is 6.92 Å². The number of hydrogen-bond acceptors (Lipinski definition) is 8. The van der Waals surface area contributed by atoms with Crippen LogP contribution in [0.25, 0.3) is 11.2 Å². The van der Waals surface area contributed by atoms with E-state index < -0.39 is 12.7 Å². The minimum absolute atomic E-state index is 0.0495. The van der Waals surface area contributed by atoms with Crippen LogP contribution < -0.4 is 4.90 Å². The molecule has 12 heteroatoms. The van der Waals surface area contributed by atoms with Gasteiger partial charge < -0.3 is 18.7 Å². The van der Waals surface area contributed by atoms with E-state index in [9.17, 15) is 13.2 Å². The quantitative estimate of drug-likeness (QED) is 0.500. The first-order chi connectivity index (χ1) is 15.7. The highest BCUT2D eigenvalue weighted by atomic mass is 19.4. The van der Waals surface area contributed by atoms with Crippen molar-refractivity contribution in [1.82, 2.24) is 29.6 Å². The molecule has 1 aliphatic rings. The first-order valence-electron chi connectivity index (χ1n) is 10.9. The second-order valence-corrected chi connectivity index (χ2v) is 8.46. The molecular weight excluding hydrogens is 439 g/mol. The summed E-state index contributed by atoms with van der Waals surface area (Å²) in [6, 6.07) is 1.92. The Balaban J connectivity index is 1.57. The number of ether oxygens (including phenoxy) is 1. The molecule has 0 spiro atoms. The summed E-state index contributed by atoms with van der Waals surface area (Å²) in [4.78, 5) is 17.7.